The molecular weight excluding hydrogens is 379 g/mol. The first-order chi connectivity index (χ1) is 12.0. The van der Waals surface area contributed by atoms with Crippen molar-refractivity contribution in [3.63, 3.8) is 0 Å². The van der Waals surface area contributed by atoms with Gasteiger partial charge in [-0.25, -0.2) is 9.37 Å². The van der Waals surface area contributed by atoms with Gasteiger partial charge >= 0.3 is 0 Å². The summed E-state index contributed by atoms with van der Waals surface area (Å²) in [6.07, 6.45) is 0. The maximum atomic E-state index is 13.5. The molecule has 2 aromatic carbocycles. The van der Waals surface area contributed by atoms with Crippen molar-refractivity contribution < 1.29 is 9.18 Å². The molecule has 0 fully saturated rings. The molecule has 0 saturated carbocycles. The molecule has 0 spiro atoms. The van der Waals surface area contributed by atoms with Gasteiger partial charge in [-0.05, 0) is 36.8 Å². The monoisotopic (exact) mass is 392 g/mol. The number of rotatable bonds is 5. The number of anilines is 1. The molecule has 0 bridgehead atoms. The van der Waals surface area contributed by atoms with Crippen molar-refractivity contribution in [2.24, 2.45) is 0 Å². The Balaban J connectivity index is 1.57. The maximum absolute atomic E-state index is 13.5. The van der Waals surface area contributed by atoms with E-state index >= 15 is 0 Å². The molecule has 1 amide bonds. The number of amides is 1. The number of aromatic nitrogens is 1. The van der Waals surface area contributed by atoms with Crippen molar-refractivity contribution in [3.8, 4) is 11.3 Å². The third-order valence-corrected chi connectivity index (χ3v) is 5.68. The first-order valence-corrected chi connectivity index (χ1v) is 9.66. The van der Waals surface area contributed by atoms with Gasteiger partial charge in [0.15, 0.2) is 4.34 Å². The zero-order chi connectivity index (χ0) is 17.8. The minimum atomic E-state index is -0.335. The van der Waals surface area contributed by atoms with E-state index in [0.29, 0.717) is 16.3 Å². The molecule has 0 radical (unpaired) electrons. The molecule has 1 aromatic heterocycles. The molecule has 7 heteroatoms. The number of carbonyl (C=O) groups excluding carboxylic acids is 1. The second-order valence-corrected chi connectivity index (χ2v) is 7.82. The highest BCUT2D eigenvalue weighted by Crippen LogP contribution is 2.29. The number of nitrogens with zero attached hydrogens (tertiary/aromatic N) is 1. The van der Waals surface area contributed by atoms with Gasteiger partial charge in [0, 0.05) is 21.7 Å². The SMILES string of the molecule is Cc1ccc(NC(=O)CSc2nc(-c3ccc(Cl)cc3)cs2)cc1F. The van der Waals surface area contributed by atoms with Gasteiger partial charge in [0.2, 0.25) is 5.91 Å². The van der Waals surface area contributed by atoms with E-state index in [1.54, 1.807) is 19.1 Å². The molecular formula is C18H14ClFN2OS2. The van der Waals surface area contributed by atoms with Crippen LogP contribution < -0.4 is 5.32 Å². The summed E-state index contributed by atoms with van der Waals surface area (Å²) < 4.78 is 14.3. The molecule has 3 nitrogen and oxygen atoms in total. The van der Waals surface area contributed by atoms with Crippen LogP contribution in [0.25, 0.3) is 11.3 Å². The average molecular weight is 393 g/mol. The highest BCUT2D eigenvalue weighted by Gasteiger charge is 2.09. The Bertz CT molecular complexity index is 896. The van der Waals surface area contributed by atoms with Crippen molar-refractivity contribution >= 4 is 46.3 Å². The van der Waals surface area contributed by atoms with Gasteiger partial charge in [-0.1, -0.05) is 41.6 Å². The normalized spacial score (nSPS) is 10.7. The van der Waals surface area contributed by atoms with Crippen molar-refractivity contribution in [3.05, 3.63) is 64.2 Å². The van der Waals surface area contributed by atoms with Crippen LogP contribution in [0.5, 0.6) is 0 Å². The molecule has 25 heavy (non-hydrogen) atoms. The smallest absolute Gasteiger partial charge is 0.234 e. The van der Waals surface area contributed by atoms with Crippen LogP contribution in [0.3, 0.4) is 0 Å². The predicted octanol–water partition coefficient (Wildman–Crippen LogP) is 5.64. The van der Waals surface area contributed by atoms with Crippen LogP contribution in [0, 0.1) is 12.7 Å². The minimum absolute atomic E-state index is 0.198. The van der Waals surface area contributed by atoms with Crippen LogP contribution >= 0.6 is 34.7 Å². The van der Waals surface area contributed by atoms with Crippen molar-refractivity contribution in [2.75, 3.05) is 11.1 Å². The molecule has 0 aliphatic heterocycles. The van der Waals surface area contributed by atoms with E-state index in [2.05, 4.69) is 10.3 Å². The first-order valence-electron chi connectivity index (χ1n) is 7.41. The van der Waals surface area contributed by atoms with E-state index < -0.39 is 0 Å². The van der Waals surface area contributed by atoms with Gasteiger partial charge < -0.3 is 5.32 Å². The Kier molecular flexibility index (Phi) is 5.73. The molecule has 1 N–H and O–H groups in total. The minimum Gasteiger partial charge on any atom is -0.325 e. The Morgan fingerprint density at radius 3 is 2.76 bits per heavy atom. The number of aryl methyl sites for hydroxylation is 1. The van der Waals surface area contributed by atoms with E-state index in [0.717, 1.165) is 15.6 Å². The summed E-state index contributed by atoms with van der Waals surface area (Å²) >= 11 is 8.71. The number of halogens is 2. The fourth-order valence-electron chi connectivity index (χ4n) is 2.07. The second-order valence-electron chi connectivity index (χ2n) is 5.31. The summed E-state index contributed by atoms with van der Waals surface area (Å²) in [7, 11) is 0. The van der Waals surface area contributed by atoms with Gasteiger partial charge in [0.1, 0.15) is 5.82 Å². The quantitative estimate of drug-likeness (QED) is 0.571. The van der Waals surface area contributed by atoms with Crippen LogP contribution in [0.15, 0.2) is 52.2 Å². The second kappa shape index (κ2) is 7.99. The predicted molar refractivity (Wildman–Crippen MR) is 103 cm³/mol. The van der Waals surface area contributed by atoms with E-state index in [1.165, 1.54) is 29.2 Å². The first kappa shape index (κ1) is 17.9. The summed E-state index contributed by atoms with van der Waals surface area (Å²) in [6, 6.07) is 12.1. The summed E-state index contributed by atoms with van der Waals surface area (Å²) in [4.78, 5) is 16.5. The van der Waals surface area contributed by atoms with Crippen molar-refractivity contribution in [1.29, 1.82) is 0 Å². The van der Waals surface area contributed by atoms with E-state index in [1.807, 2.05) is 29.6 Å². The molecule has 128 valence electrons. The van der Waals surface area contributed by atoms with Gasteiger partial charge in [0.05, 0.1) is 11.4 Å². The number of benzene rings is 2. The zero-order valence-electron chi connectivity index (χ0n) is 13.3. The molecule has 0 aliphatic carbocycles. The molecule has 0 unspecified atom stereocenters. The average Bonchev–Trinajstić information content (AvgIpc) is 3.06. The van der Waals surface area contributed by atoms with Gasteiger partial charge in [-0.2, -0.15) is 0 Å². The number of thiazole rings is 1. The van der Waals surface area contributed by atoms with Crippen molar-refractivity contribution in [1.82, 2.24) is 4.98 Å². The van der Waals surface area contributed by atoms with Crippen LogP contribution in [0.4, 0.5) is 10.1 Å². The van der Waals surface area contributed by atoms with Crippen LogP contribution in [0.2, 0.25) is 5.02 Å². The number of thioether (sulfide) groups is 1. The van der Waals surface area contributed by atoms with Crippen LogP contribution in [-0.4, -0.2) is 16.6 Å². The number of hydrogen-bond acceptors (Lipinski definition) is 4. The van der Waals surface area contributed by atoms with Gasteiger partial charge in [-0.15, -0.1) is 11.3 Å². The lowest BCUT2D eigenvalue weighted by molar-refractivity contribution is -0.113. The Hall–Kier alpha value is -1.89. The Labute approximate surface area is 158 Å². The van der Waals surface area contributed by atoms with Crippen LogP contribution in [-0.2, 0) is 4.79 Å². The van der Waals surface area contributed by atoms with E-state index in [9.17, 15) is 9.18 Å². The molecule has 3 aromatic rings. The molecule has 3 rings (SSSR count). The lowest BCUT2D eigenvalue weighted by atomic mass is 10.2. The summed E-state index contributed by atoms with van der Waals surface area (Å²) in [5.41, 5.74) is 2.83. The van der Waals surface area contributed by atoms with Gasteiger partial charge in [0.25, 0.3) is 0 Å². The fourth-order valence-corrected chi connectivity index (χ4v) is 3.83. The maximum Gasteiger partial charge on any atom is 0.234 e. The highest BCUT2D eigenvalue weighted by molar-refractivity contribution is 8.01. The summed E-state index contributed by atoms with van der Waals surface area (Å²) in [5, 5.41) is 5.31. The van der Waals surface area contributed by atoms with Crippen molar-refractivity contribution in [2.45, 2.75) is 11.3 Å². The fraction of sp³-hybridized carbons (Fsp3) is 0.111. The largest absolute Gasteiger partial charge is 0.325 e. The van der Waals surface area contributed by atoms with E-state index in [4.69, 9.17) is 11.6 Å². The third kappa shape index (κ3) is 4.81. The Morgan fingerprint density at radius 2 is 2.04 bits per heavy atom. The molecule has 0 saturated heterocycles. The number of hydrogen-bond donors (Lipinski definition) is 1. The Morgan fingerprint density at radius 1 is 1.28 bits per heavy atom. The van der Waals surface area contributed by atoms with Crippen LogP contribution in [0.1, 0.15) is 5.56 Å². The molecule has 0 atom stereocenters. The third-order valence-electron chi connectivity index (χ3n) is 3.41. The summed E-state index contributed by atoms with van der Waals surface area (Å²) in [5.74, 6) is -0.322. The molecule has 1 heterocycles. The summed E-state index contributed by atoms with van der Waals surface area (Å²) in [6.45, 7) is 1.68. The van der Waals surface area contributed by atoms with Gasteiger partial charge in [-0.3, -0.25) is 4.79 Å². The highest BCUT2D eigenvalue weighted by atomic mass is 35.5. The molecule has 0 aliphatic rings. The topological polar surface area (TPSA) is 42.0 Å². The lowest BCUT2D eigenvalue weighted by Crippen LogP contribution is -2.14. The standard InChI is InChI=1S/C18H14ClFN2OS2/c1-11-2-7-14(8-15(11)20)21-17(23)10-25-18-22-16(9-24-18)12-3-5-13(19)6-4-12/h2-9H,10H2,1H3,(H,21,23). The number of carbonyl (C=O) groups is 1. The number of nitrogens with one attached hydrogen (secondary N) is 1. The lowest BCUT2D eigenvalue weighted by Gasteiger charge is -2.05. The zero-order valence-corrected chi connectivity index (χ0v) is 15.6. The van der Waals surface area contributed by atoms with E-state index in [-0.39, 0.29) is 17.5 Å².